The maximum absolute atomic E-state index is 6.25. The molecule has 0 atom stereocenters. The van der Waals surface area contributed by atoms with Crippen molar-refractivity contribution in [1.29, 1.82) is 0 Å². The monoisotopic (exact) mass is 285 g/mol. The van der Waals surface area contributed by atoms with E-state index in [0.717, 1.165) is 61.6 Å². The van der Waals surface area contributed by atoms with Crippen molar-refractivity contribution in [3.63, 3.8) is 0 Å². The maximum Gasteiger partial charge on any atom is 0.0860 e. The smallest absolute Gasteiger partial charge is 0.0860 e. The summed E-state index contributed by atoms with van der Waals surface area (Å²) >= 11 is 6.25. The largest absolute Gasteiger partial charge is 0.381 e. The molecule has 0 amide bonds. The Morgan fingerprint density at radius 3 is 2.95 bits per heavy atom. The predicted molar refractivity (Wildman–Crippen MR) is 77.5 cm³/mol. The molecule has 0 aromatic carbocycles. The van der Waals surface area contributed by atoms with Crippen LogP contribution in [0.3, 0.4) is 0 Å². The summed E-state index contributed by atoms with van der Waals surface area (Å²) in [6.45, 7) is 8.42. The molecule has 1 aromatic heterocycles. The number of aromatic nitrogens is 2. The molecule has 1 heterocycles. The first-order valence-electron chi connectivity index (χ1n) is 7.22. The van der Waals surface area contributed by atoms with Gasteiger partial charge in [0.25, 0.3) is 0 Å². The molecule has 1 fully saturated rings. The second-order valence-corrected chi connectivity index (χ2v) is 5.59. The Labute approximate surface area is 120 Å². The lowest BCUT2D eigenvalue weighted by molar-refractivity contribution is 0.122. The van der Waals surface area contributed by atoms with Crippen LogP contribution >= 0.6 is 11.6 Å². The Morgan fingerprint density at radius 2 is 2.26 bits per heavy atom. The number of nitrogens with one attached hydrogen (secondary N) is 1. The minimum atomic E-state index is 0.774. The number of rotatable bonds is 9. The van der Waals surface area contributed by atoms with Gasteiger partial charge in [-0.05, 0) is 45.6 Å². The van der Waals surface area contributed by atoms with E-state index in [0.29, 0.717) is 0 Å². The highest BCUT2D eigenvalue weighted by molar-refractivity contribution is 6.31. The van der Waals surface area contributed by atoms with Gasteiger partial charge in [0.05, 0.1) is 16.4 Å². The molecule has 19 heavy (non-hydrogen) atoms. The summed E-state index contributed by atoms with van der Waals surface area (Å²) < 4.78 is 7.57. The van der Waals surface area contributed by atoms with E-state index in [1.807, 2.05) is 11.6 Å². The number of hydrogen-bond acceptors (Lipinski definition) is 3. The molecule has 2 rings (SSSR count). The van der Waals surface area contributed by atoms with E-state index in [-0.39, 0.29) is 0 Å². The van der Waals surface area contributed by atoms with E-state index in [1.165, 1.54) is 12.8 Å². The molecule has 0 bridgehead atoms. The van der Waals surface area contributed by atoms with Crippen molar-refractivity contribution in [2.24, 2.45) is 5.92 Å². The van der Waals surface area contributed by atoms with E-state index >= 15 is 0 Å². The minimum Gasteiger partial charge on any atom is -0.381 e. The van der Waals surface area contributed by atoms with Crippen molar-refractivity contribution in [3.05, 3.63) is 16.4 Å². The predicted octanol–water partition coefficient (Wildman–Crippen LogP) is 2.77. The molecule has 4 nitrogen and oxygen atoms in total. The van der Waals surface area contributed by atoms with Gasteiger partial charge in [0, 0.05) is 26.3 Å². The molecule has 1 aliphatic carbocycles. The number of nitrogens with zero attached hydrogens (tertiary/aromatic N) is 2. The van der Waals surface area contributed by atoms with Crippen LogP contribution < -0.4 is 5.32 Å². The van der Waals surface area contributed by atoms with Crippen LogP contribution in [0, 0.1) is 12.8 Å². The van der Waals surface area contributed by atoms with Crippen molar-refractivity contribution in [1.82, 2.24) is 15.1 Å². The molecule has 1 aromatic rings. The van der Waals surface area contributed by atoms with E-state index in [4.69, 9.17) is 16.3 Å². The fourth-order valence-electron chi connectivity index (χ4n) is 2.08. The molecule has 0 radical (unpaired) electrons. The molecule has 5 heteroatoms. The quantitative estimate of drug-likeness (QED) is 0.709. The van der Waals surface area contributed by atoms with Gasteiger partial charge in [-0.3, -0.25) is 4.68 Å². The first-order chi connectivity index (χ1) is 9.22. The summed E-state index contributed by atoms with van der Waals surface area (Å²) in [5, 5.41) is 8.60. The third kappa shape index (κ3) is 4.48. The summed E-state index contributed by atoms with van der Waals surface area (Å²) in [6.07, 6.45) is 3.76. The zero-order valence-electron chi connectivity index (χ0n) is 11.9. The third-order valence-electron chi connectivity index (χ3n) is 3.44. The van der Waals surface area contributed by atoms with Crippen molar-refractivity contribution in [2.45, 2.75) is 46.2 Å². The van der Waals surface area contributed by atoms with Gasteiger partial charge in [-0.2, -0.15) is 5.10 Å². The zero-order chi connectivity index (χ0) is 13.7. The summed E-state index contributed by atoms with van der Waals surface area (Å²) in [5.41, 5.74) is 1.99. The summed E-state index contributed by atoms with van der Waals surface area (Å²) in [6, 6.07) is 0. The van der Waals surface area contributed by atoms with Crippen molar-refractivity contribution < 1.29 is 4.74 Å². The van der Waals surface area contributed by atoms with Gasteiger partial charge in [-0.25, -0.2) is 0 Å². The van der Waals surface area contributed by atoms with E-state index < -0.39 is 0 Å². The molecule has 0 unspecified atom stereocenters. The standard InChI is InChI=1S/C14H24ClN3O/c1-3-18-13(14(15)11(2)17-18)9-16-7-4-8-19-10-12-5-6-12/h12,16H,3-10H2,1-2H3. The van der Waals surface area contributed by atoms with Crippen molar-refractivity contribution in [2.75, 3.05) is 19.8 Å². The molecular weight excluding hydrogens is 262 g/mol. The van der Waals surface area contributed by atoms with Crippen LogP contribution in [0.5, 0.6) is 0 Å². The van der Waals surface area contributed by atoms with Crippen LogP contribution in [0.25, 0.3) is 0 Å². The van der Waals surface area contributed by atoms with Crippen molar-refractivity contribution in [3.8, 4) is 0 Å². The van der Waals surface area contributed by atoms with Gasteiger partial charge in [0.2, 0.25) is 0 Å². The molecule has 0 aliphatic heterocycles. The molecule has 0 saturated heterocycles. The lowest BCUT2D eigenvalue weighted by atomic mass is 10.3. The highest BCUT2D eigenvalue weighted by atomic mass is 35.5. The summed E-state index contributed by atoms with van der Waals surface area (Å²) in [5.74, 6) is 0.855. The zero-order valence-corrected chi connectivity index (χ0v) is 12.7. The van der Waals surface area contributed by atoms with Gasteiger partial charge in [0.1, 0.15) is 0 Å². The van der Waals surface area contributed by atoms with Crippen LogP contribution in [0.1, 0.15) is 37.6 Å². The highest BCUT2D eigenvalue weighted by Gasteiger charge is 2.20. The Morgan fingerprint density at radius 1 is 1.47 bits per heavy atom. The second-order valence-electron chi connectivity index (χ2n) is 5.21. The molecule has 0 spiro atoms. The summed E-state index contributed by atoms with van der Waals surface area (Å²) in [4.78, 5) is 0. The molecule has 1 N–H and O–H groups in total. The lowest BCUT2D eigenvalue weighted by Gasteiger charge is -2.08. The maximum atomic E-state index is 6.25. The number of ether oxygens (including phenoxy) is 1. The van der Waals surface area contributed by atoms with Gasteiger partial charge >= 0.3 is 0 Å². The van der Waals surface area contributed by atoms with Gasteiger partial charge < -0.3 is 10.1 Å². The first kappa shape index (κ1) is 14.8. The normalized spacial score (nSPS) is 15.1. The Bertz CT molecular complexity index is 402. The van der Waals surface area contributed by atoms with E-state index in [9.17, 15) is 0 Å². The van der Waals surface area contributed by atoms with Gasteiger partial charge in [0.15, 0.2) is 0 Å². The molecular formula is C14H24ClN3O. The van der Waals surface area contributed by atoms with Crippen LogP contribution in [0.15, 0.2) is 0 Å². The second kappa shape index (κ2) is 7.27. The Balaban J connectivity index is 1.61. The Kier molecular flexibility index (Phi) is 5.67. The third-order valence-corrected chi connectivity index (χ3v) is 3.93. The highest BCUT2D eigenvalue weighted by Crippen LogP contribution is 2.28. The van der Waals surface area contributed by atoms with Gasteiger partial charge in [-0.15, -0.1) is 0 Å². The fraction of sp³-hybridized carbons (Fsp3) is 0.786. The van der Waals surface area contributed by atoms with Crippen LogP contribution in [-0.4, -0.2) is 29.5 Å². The number of hydrogen-bond donors (Lipinski definition) is 1. The average molecular weight is 286 g/mol. The van der Waals surface area contributed by atoms with Crippen molar-refractivity contribution >= 4 is 11.6 Å². The number of halogens is 1. The van der Waals surface area contributed by atoms with Crippen LogP contribution in [0.2, 0.25) is 5.02 Å². The topological polar surface area (TPSA) is 39.1 Å². The Hall–Kier alpha value is -0.580. The molecule has 1 saturated carbocycles. The minimum absolute atomic E-state index is 0.774. The molecule has 1 aliphatic rings. The van der Waals surface area contributed by atoms with E-state index in [1.54, 1.807) is 0 Å². The van der Waals surface area contributed by atoms with Gasteiger partial charge in [-0.1, -0.05) is 11.6 Å². The summed E-state index contributed by atoms with van der Waals surface area (Å²) in [7, 11) is 0. The van der Waals surface area contributed by atoms with E-state index in [2.05, 4.69) is 17.3 Å². The lowest BCUT2D eigenvalue weighted by Crippen LogP contribution is -2.19. The fourth-order valence-corrected chi connectivity index (χ4v) is 2.28. The first-order valence-corrected chi connectivity index (χ1v) is 7.60. The average Bonchev–Trinajstić information content (AvgIpc) is 3.18. The van der Waals surface area contributed by atoms with Crippen LogP contribution in [0.4, 0.5) is 0 Å². The molecule has 108 valence electrons. The van der Waals surface area contributed by atoms with Crippen LogP contribution in [-0.2, 0) is 17.8 Å². The number of aryl methyl sites for hydroxylation is 2. The SMILES string of the molecule is CCn1nc(C)c(Cl)c1CNCCCOCC1CC1.